The highest BCUT2D eigenvalue weighted by Crippen LogP contribution is 2.45. The first-order valence-electron chi connectivity index (χ1n) is 10.1. The van der Waals surface area contributed by atoms with Crippen LogP contribution >= 0.6 is 11.6 Å². The average molecular weight is 466 g/mol. The number of phenols is 2. The van der Waals surface area contributed by atoms with E-state index in [9.17, 15) is 24.9 Å². The molecule has 1 amide bonds. The van der Waals surface area contributed by atoms with Gasteiger partial charge in [-0.2, -0.15) is 0 Å². The second-order valence-electron chi connectivity index (χ2n) is 7.33. The van der Waals surface area contributed by atoms with Gasteiger partial charge in [-0.3, -0.25) is 14.5 Å². The SMILES string of the molecule is CCOc1cc(/C(O)=C2/C(=O)C(=O)N(c3ccccc3O)C2c2ccc(O)cc2)ccc1Cl. The van der Waals surface area contributed by atoms with Crippen molar-refractivity contribution >= 4 is 34.7 Å². The van der Waals surface area contributed by atoms with Gasteiger partial charge in [-0.15, -0.1) is 0 Å². The summed E-state index contributed by atoms with van der Waals surface area (Å²) in [6, 6.07) is 15.5. The Morgan fingerprint density at radius 1 is 1.03 bits per heavy atom. The first-order chi connectivity index (χ1) is 15.8. The maximum absolute atomic E-state index is 13.1. The summed E-state index contributed by atoms with van der Waals surface area (Å²) in [7, 11) is 0. The van der Waals surface area contributed by atoms with Crippen molar-refractivity contribution < 1.29 is 29.6 Å². The number of ketones is 1. The number of phenolic OH excluding ortho intramolecular Hbond substituents is 2. The van der Waals surface area contributed by atoms with E-state index >= 15 is 0 Å². The normalized spacial score (nSPS) is 17.4. The highest BCUT2D eigenvalue weighted by Gasteiger charge is 2.47. The molecule has 1 aliphatic heterocycles. The quantitative estimate of drug-likeness (QED) is 0.284. The lowest BCUT2D eigenvalue weighted by Crippen LogP contribution is -2.29. The molecule has 0 bridgehead atoms. The van der Waals surface area contributed by atoms with Crippen molar-refractivity contribution in [2.45, 2.75) is 13.0 Å². The summed E-state index contributed by atoms with van der Waals surface area (Å²) < 4.78 is 5.48. The third-order valence-electron chi connectivity index (χ3n) is 5.30. The Bertz CT molecular complexity index is 1270. The first kappa shape index (κ1) is 22.2. The lowest BCUT2D eigenvalue weighted by molar-refractivity contribution is -0.132. The Balaban J connectivity index is 1.95. The Morgan fingerprint density at radius 2 is 1.73 bits per heavy atom. The number of hydrogen-bond acceptors (Lipinski definition) is 6. The zero-order valence-electron chi connectivity index (χ0n) is 17.5. The molecule has 0 aromatic heterocycles. The fourth-order valence-electron chi connectivity index (χ4n) is 3.79. The number of benzene rings is 3. The molecule has 0 saturated carbocycles. The van der Waals surface area contributed by atoms with E-state index in [1.54, 1.807) is 31.2 Å². The largest absolute Gasteiger partial charge is 0.508 e. The number of rotatable bonds is 5. The minimum absolute atomic E-state index is 0.00248. The Labute approximate surface area is 194 Å². The maximum Gasteiger partial charge on any atom is 0.300 e. The number of para-hydroxylation sites is 2. The van der Waals surface area contributed by atoms with E-state index in [-0.39, 0.29) is 28.3 Å². The molecule has 1 atom stereocenters. The van der Waals surface area contributed by atoms with Crippen molar-refractivity contribution in [2.24, 2.45) is 0 Å². The molecule has 3 aromatic carbocycles. The van der Waals surface area contributed by atoms with Crippen LogP contribution in [-0.4, -0.2) is 33.6 Å². The third kappa shape index (κ3) is 3.99. The molecule has 4 rings (SSSR count). The van der Waals surface area contributed by atoms with Crippen LogP contribution in [0.3, 0.4) is 0 Å². The van der Waals surface area contributed by atoms with Gasteiger partial charge in [-0.1, -0.05) is 35.9 Å². The smallest absolute Gasteiger partial charge is 0.300 e. The number of anilines is 1. The molecule has 1 unspecified atom stereocenters. The summed E-state index contributed by atoms with van der Waals surface area (Å²) >= 11 is 6.15. The van der Waals surface area contributed by atoms with Gasteiger partial charge in [0.25, 0.3) is 11.7 Å². The van der Waals surface area contributed by atoms with Crippen LogP contribution in [0.5, 0.6) is 17.2 Å². The zero-order chi connectivity index (χ0) is 23.7. The van der Waals surface area contributed by atoms with E-state index in [0.717, 1.165) is 4.90 Å². The summed E-state index contributed by atoms with van der Waals surface area (Å²) in [5, 5.41) is 31.6. The van der Waals surface area contributed by atoms with Crippen LogP contribution in [0.2, 0.25) is 5.02 Å². The monoisotopic (exact) mass is 465 g/mol. The molecule has 33 heavy (non-hydrogen) atoms. The van der Waals surface area contributed by atoms with Crippen molar-refractivity contribution in [3.63, 3.8) is 0 Å². The van der Waals surface area contributed by atoms with Crippen molar-refractivity contribution in [3.05, 3.63) is 88.5 Å². The van der Waals surface area contributed by atoms with Gasteiger partial charge in [-0.05, 0) is 55.0 Å². The minimum atomic E-state index is -1.05. The molecule has 1 fully saturated rings. The second kappa shape index (κ2) is 8.88. The summed E-state index contributed by atoms with van der Waals surface area (Å²) in [6.45, 7) is 2.13. The Morgan fingerprint density at radius 3 is 2.39 bits per heavy atom. The van der Waals surface area contributed by atoms with Crippen molar-refractivity contribution in [1.82, 2.24) is 0 Å². The molecule has 0 aliphatic carbocycles. The van der Waals surface area contributed by atoms with Gasteiger partial charge in [0.05, 0.1) is 28.9 Å². The number of ether oxygens (including phenoxy) is 1. The predicted octanol–water partition coefficient (Wildman–Crippen LogP) is 4.78. The zero-order valence-corrected chi connectivity index (χ0v) is 18.3. The molecule has 1 saturated heterocycles. The number of amides is 1. The Kier molecular flexibility index (Phi) is 5.98. The maximum atomic E-state index is 13.1. The van der Waals surface area contributed by atoms with Crippen LogP contribution in [0.1, 0.15) is 24.1 Å². The van der Waals surface area contributed by atoms with Gasteiger partial charge in [-0.25, -0.2) is 0 Å². The number of Topliss-reactive ketones (excluding diaryl/α,β-unsaturated/α-hetero) is 1. The van der Waals surface area contributed by atoms with Crippen LogP contribution < -0.4 is 9.64 Å². The van der Waals surface area contributed by atoms with Crippen molar-refractivity contribution in [3.8, 4) is 17.2 Å². The molecule has 0 spiro atoms. The van der Waals surface area contributed by atoms with Crippen LogP contribution in [-0.2, 0) is 9.59 Å². The van der Waals surface area contributed by atoms with E-state index in [4.69, 9.17) is 16.3 Å². The van der Waals surface area contributed by atoms with E-state index in [0.29, 0.717) is 22.9 Å². The standard InChI is InChI=1S/C25H20ClNO6/c1-2-33-20-13-15(9-12-17(20)26)23(30)21-22(14-7-10-16(28)11-8-14)27(25(32)24(21)31)18-5-3-4-6-19(18)29/h3-13,22,28-30H,2H2,1H3/b23-21-. The number of aliphatic hydroxyl groups is 1. The molecule has 3 N–H and O–H groups in total. The molecule has 1 heterocycles. The van der Waals surface area contributed by atoms with Gasteiger partial charge in [0.15, 0.2) is 0 Å². The molecule has 1 aliphatic rings. The van der Waals surface area contributed by atoms with E-state index in [1.165, 1.54) is 42.5 Å². The van der Waals surface area contributed by atoms with Crippen LogP contribution in [0.15, 0.2) is 72.3 Å². The van der Waals surface area contributed by atoms with Crippen LogP contribution in [0.4, 0.5) is 5.69 Å². The summed E-state index contributed by atoms with van der Waals surface area (Å²) in [5.74, 6) is -2.12. The minimum Gasteiger partial charge on any atom is -0.508 e. The van der Waals surface area contributed by atoms with Gasteiger partial charge in [0.2, 0.25) is 0 Å². The van der Waals surface area contributed by atoms with Crippen molar-refractivity contribution in [1.29, 1.82) is 0 Å². The fourth-order valence-corrected chi connectivity index (χ4v) is 3.97. The lowest BCUT2D eigenvalue weighted by Gasteiger charge is -2.26. The Hall–Kier alpha value is -3.97. The highest BCUT2D eigenvalue weighted by molar-refractivity contribution is 6.52. The summed E-state index contributed by atoms with van der Waals surface area (Å²) in [4.78, 5) is 27.4. The predicted molar refractivity (Wildman–Crippen MR) is 124 cm³/mol. The molecule has 3 aromatic rings. The third-order valence-corrected chi connectivity index (χ3v) is 5.61. The molecular weight excluding hydrogens is 446 g/mol. The van der Waals surface area contributed by atoms with Crippen LogP contribution in [0, 0.1) is 0 Å². The molecule has 0 radical (unpaired) electrons. The number of hydrogen-bond donors (Lipinski definition) is 3. The molecule has 8 heteroatoms. The number of nitrogens with zero attached hydrogens (tertiary/aromatic N) is 1. The highest BCUT2D eigenvalue weighted by atomic mass is 35.5. The molecular formula is C25H20ClNO6. The number of aromatic hydroxyl groups is 2. The van der Waals surface area contributed by atoms with Gasteiger partial charge in [0, 0.05) is 5.56 Å². The number of halogens is 1. The lowest BCUT2D eigenvalue weighted by atomic mass is 9.95. The topological polar surface area (TPSA) is 107 Å². The number of carbonyl (C=O) groups excluding carboxylic acids is 2. The fraction of sp³-hybridized carbons (Fsp3) is 0.120. The van der Waals surface area contributed by atoms with Crippen LogP contribution in [0.25, 0.3) is 5.76 Å². The summed E-state index contributed by atoms with van der Waals surface area (Å²) in [5.41, 5.74) is 0.638. The molecule has 168 valence electrons. The van der Waals surface area contributed by atoms with Crippen molar-refractivity contribution in [2.75, 3.05) is 11.5 Å². The van der Waals surface area contributed by atoms with E-state index < -0.39 is 23.5 Å². The first-order valence-corrected chi connectivity index (χ1v) is 10.5. The van der Waals surface area contributed by atoms with Gasteiger partial charge >= 0.3 is 0 Å². The van der Waals surface area contributed by atoms with E-state index in [1.807, 2.05) is 0 Å². The number of aliphatic hydroxyl groups excluding tert-OH is 1. The summed E-state index contributed by atoms with van der Waals surface area (Å²) in [6.07, 6.45) is 0. The van der Waals surface area contributed by atoms with Gasteiger partial charge in [0.1, 0.15) is 23.0 Å². The molecule has 7 nitrogen and oxygen atoms in total. The number of carbonyl (C=O) groups is 2. The average Bonchev–Trinajstić information content (AvgIpc) is 3.06. The van der Waals surface area contributed by atoms with Gasteiger partial charge < -0.3 is 20.1 Å². The van der Waals surface area contributed by atoms with E-state index in [2.05, 4.69) is 0 Å². The second-order valence-corrected chi connectivity index (χ2v) is 7.73.